The van der Waals surface area contributed by atoms with Crippen LogP contribution >= 0.6 is 22.9 Å². The number of alkyl halides is 1. The average Bonchev–Trinajstić information content (AvgIpc) is 2.52. The molecule has 1 aromatic rings. The Labute approximate surface area is 89.1 Å². The first-order chi connectivity index (χ1) is 6.02. The predicted octanol–water partition coefficient (Wildman–Crippen LogP) is 3.24. The van der Waals surface area contributed by atoms with Crippen molar-refractivity contribution in [3.63, 3.8) is 0 Å². The zero-order chi connectivity index (χ0) is 9.90. The van der Waals surface area contributed by atoms with Crippen molar-refractivity contribution in [1.82, 2.24) is 5.32 Å². The van der Waals surface area contributed by atoms with Gasteiger partial charge in [-0.05, 0) is 32.2 Å². The third-order valence-electron chi connectivity index (χ3n) is 2.29. The monoisotopic (exact) mass is 217 g/mol. The molecule has 0 saturated heterocycles. The minimum Gasteiger partial charge on any atom is -0.305 e. The highest BCUT2D eigenvalue weighted by molar-refractivity contribution is 7.09. The summed E-state index contributed by atoms with van der Waals surface area (Å²) in [6.45, 7) is 7.17. The minimum absolute atomic E-state index is 0.00839. The van der Waals surface area contributed by atoms with E-state index in [0.29, 0.717) is 0 Å². The van der Waals surface area contributed by atoms with Gasteiger partial charge in [-0.2, -0.15) is 0 Å². The third-order valence-corrected chi connectivity index (χ3v) is 3.71. The summed E-state index contributed by atoms with van der Waals surface area (Å²) < 4.78 is 0. The SMILES string of the molecule is CC(Cl)C(C)(C)NCc1cccs1. The number of rotatable bonds is 4. The van der Waals surface area contributed by atoms with Gasteiger partial charge >= 0.3 is 0 Å². The van der Waals surface area contributed by atoms with Gasteiger partial charge in [0.25, 0.3) is 0 Å². The molecule has 3 heteroatoms. The van der Waals surface area contributed by atoms with Crippen LogP contribution in [-0.4, -0.2) is 10.9 Å². The maximum Gasteiger partial charge on any atom is 0.0484 e. The van der Waals surface area contributed by atoms with E-state index in [0.717, 1.165) is 6.54 Å². The molecule has 1 unspecified atom stereocenters. The summed E-state index contributed by atoms with van der Waals surface area (Å²) >= 11 is 7.82. The fraction of sp³-hybridized carbons (Fsp3) is 0.600. The van der Waals surface area contributed by atoms with Gasteiger partial charge in [-0.3, -0.25) is 0 Å². The van der Waals surface area contributed by atoms with E-state index in [9.17, 15) is 0 Å². The number of nitrogens with one attached hydrogen (secondary N) is 1. The molecular weight excluding hydrogens is 202 g/mol. The first kappa shape index (κ1) is 11.0. The van der Waals surface area contributed by atoms with E-state index in [1.807, 2.05) is 6.92 Å². The Morgan fingerprint density at radius 1 is 1.62 bits per heavy atom. The molecule has 0 aliphatic rings. The van der Waals surface area contributed by atoms with Crippen molar-refractivity contribution in [3.05, 3.63) is 22.4 Å². The van der Waals surface area contributed by atoms with Gasteiger partial charge in [-0.1, -0.05) is 6.07 Å². The lowest BCUT2D eigenvalue weighted by Crippen LogP contribution is -2.45. The van der Waals surface area contributed by atoms with Gasteiger partial charge in [0.1, 0.15) is 0 Å². The van der Waals surface area contributed by atoms with Crippen molar-refractivity contribution in [2.45, 2.75) is 38.2 Å². The van der Waals surface area contributed by atoms with E-state index < -0.39 is 0 Å². The molecule has 1 N–H and O–H groups in total. The second-order valence-corrected chi connectivity index (χ2v) is 5.46. The van der Waals surface area contributed by atoms with Crippen LogP contribution in [0.2, 0.25) is 0 Å². The normalized spacial score (nSPS) is 14.5. The Morgan fingerprint density at radius 3 is 2.77 bits per heavy atom. The first-order valence-electron chi connectivity index (χ1n) is 4.44. The van der Waals surface area contributed by atoms with Crippen molar-refractivity contribution in [2.24, 2.45) is 0 Å². The van der Waals surface area contributed by atoms with Gasteiger partial charge in [-0.15, -0.1) is 22.9 Å². The minimum atomic E-state index is -0.00839. The molecule has 0 aliphatic carbocycles. The Kier molecular flexibility index (Phi) is 3.77. The summed E-state index contributed by atoms with van der Waals surface area (Å²) in [5, 5.41) is 5.66. The highest BCUT2D eigenvalue weighted by Crippen LogP contribution is 2.16. The highest BCUT2D eigenvalue weighted by Gasteiger charge is 2.22. The van der Waals surface area contributed by atoms with Crippen LogP contribution < -0.4 is 5.32 Å². The Hall–Kier alpha value is -0.0500. The molecule has 1 rings (SSSR count). The van der Waals surface area contributed by atoms with Gasteiger partial charge < -0.3 is 5.32 Å². The lowest BCUT2D eigenvalue weighted by atomic mass is 10.0. The molecular formula is C10H16ClNS. The van der Waals surface area contributed by atoms with Crippen LogP contribution in [0.1, 0.15) is 25.6 Å². The molecule has 0 saturated carbocycles. The Balaban J connectivity index is 2.42. The van der Waals surface area contributed by atoms with Gasteiger partial charge in [0, 0.05) is 22.3 Å². The van der Waals surface area contributed by atoms with Crippen molar-refractivity contribution < 1.29 is 0 Å². The summed E-state index contributed by atoms with van der Waals surface area (Å²) in [7, 11) is 0. The van der Waals surface area contributed by atoms with Crippen molar-refractivity contribution in [3.8, 4) is 0 Å². The van der Waals surface area contributed by atoms with Gasteiger partial charge in [0.05, 0.1) is 0 Å². The molecule has 1 nitrogen and oxygen atoms in total. The van der Waals surface area contributed by atoms with Crippen LogP contribution in [0, 0.1) is 0 Å². The van der Waals surface area contributed by atoms with E-state index in [2.05, 4.69) is 36.7 Å². The van der Waals surface area contributed by atoms with Gasteiger partial charge in [-0.25, -0.2) is 0 Å². The molecule has 0 fully saturated rings. The van der Waals surface area contributed by atoms with E-state index in [1.54, 1.807) is 11.3 Å². The standard InChI is InChI=1S/C10H16ClNS/c1-8(11)10(2,3)12-7-9-5-4-6-13-9/h4-6,8,12H,7H2,1-3H3. The molecule has 0 amide bonds. The van der Waals surface area contributed by atoms with E-state index >= 15 is 0 Å². The molecule has 1 aromatic heterocycles. The van der Waals surface area contributed by atoms with E-state index in [-0.39, 0.29) is 10.9 Å². The molecule has 74 valence electrons. The first-order valence-corrected chi connectivity index (χ1v) is 5.75. The summed E-state index contributed by atoms with van der Waals surface area (Å²) in [6.07, 6.45) is 0. The molecule has 0 radical (unpaired) electrons. The zero-order valence-corrected chi connectivity index (χ0v) is 9.88. The van der Waals surface area contributed by atoms with Crippen LogP contribution in [-0.2, 0) is 6.54 Å². The average molecular weight is 218 g/mol. The predicted molar refractivity (Wildman–Crippen MR) is 60.6 cm³/mol. The molecule has 13 heavy (non-hydrogen) atoms. The summed E-state index contributed by atoms with van der Waals surface area (Å²) in [5.41, 5.74) is -0.00839. The Bertz CT molecular complexity index is 241. The smallest absolute Gasteiger partial charge is 0.0484 e. The summed E-state index contributed by atoms with van der Waals surface area (Å²) in [5.74, 6) is 0. The van der Waals surface area contributed by atoms with E-state index in [4.69, 9.17) is 11.6 Å². The number of hydrogen-bond acceptors (Lipinski definition) is 2. The molecule has 0 bridgehead atoms. The third kappa shape index (κ3) is 3.29. The lowest BCUT2D eigenvalue weighted by molar-refractivity contribution is 0.382. The highest BCUT2D eigenvalue weighted by atomic mass is 35.5. The quantitative estimate of drug-likeness (QED) is 0.764. The number of hydrogen-bond donors (Lipinski definition) is 1. The maximum absolute atomic E-state index is 6.05. The summed E-state index contributed by atoms with van der Waals surface area (Å²) in [4.78, 5) is 1.35. The molecule has 0 aromatic carbocycles. The fourth-order valence-electron chi connectivity index (χ4n) is 0.869. The zero-order valence-electron chi connectivity index (χ0n) is 8.30. The van der Waals surface area contributed by atoms with Crippen molar-refractivity contribution in [2.75, 3.05) is 0 Å². The van der Waals surface area contributed by atoms with Gasteiger partial charge in [0.2, 0.25) is 0 Å². The van der Waals surface area contributed by atoms with Crippen LogP contribution in [0.15, 0.2) is 17.5 Å². The molecule has 1 atom stereocenters. The van der Waals surface area contributed by atoms with Crippen LogP contribution in [0.5, 0.6) is 0 Å². The van der Waals surface area contributed by atoms with Crippen LogP contribution in [0.25, 0.3) is 0 Å². The topological polar surface area (TPSA) is 12.0 Å². The Morgan fingerprint density at radius 2 is 2.31 bits per heavy atom. The van der Waals surface area contributed by atoms with Crippen molar-refractivity contribution in [1.29, 1.82) is 0 Å². The summed E-state index contributed by atoms with van der Waals surface area (Å²) in [6, 6.07) is 4.20. The van der Waals surface area contributed by atoms with Crippen LogP contribution in [0.3, 0.4) is 0 Å². The molecule has 0 aliphatic heterocycles. The molecule has 0 spiro atoms. The largest absolute Gasteiger partial charge is 0.305 e. The second-order valence-electron chi connectivity index (χ2n) is 3.77. The second kappa shape index (κ2) is 4.45. The number of thiophene rings is 1. The maximum atomic E-state index is 6.05. The van der Waals surface area contributed by atoms with Crippen molar-refractivity contribution >= 4 is 22.9 Å². The lowest BCUT2D eigenvalue weighted by Gasteiger charge is -2.28. The molecule has 1 heterocycles. The van der Waals surface area contributed by atoms with Crippen LogP contribution in [0.4, 0.5) is 0 Å². The fourth-order valence-corrected chi connectivity index (χ4v) is 1.59. The van der Waals surface area contributed by atoms with Gasteiger partial charge in [0.15, 0.2) is 0 Å². The van der Waals surface area contributed by atoms with E-state index in [1.165, 1.54) is 4.88 Å². The number of halogens is 1.